The van der Waals surface area contributed by atoms with Crippen LogP contribution in [0.3, 0.4) is 0 Å². The fourth-order valence-electron chi connectivity index (χ4n) is 1.24. The van der Waals surface area contributed by atoms with E-state index in [2.05, 4.69) is 4.98 Å². The van der Waals surface area contributed by atoms with Gasteiger partial charge in [-0.2, -0.15) is 0 Å². The summed E-state index contributed by atoms with van der Waals surface area (Å²) in [6.07, 6.45) is 1.92. The van der Waals surface area contributed by atoms with E-state index in [0.29, 0.717) is 6.42 Å². The lowest BCUT2D eigenvalue weighted by atomic mass is 10.1. The summed E-state index contributed by atoms with van der Waals surface area (Å²) in [6, 6.07) is 2.12. The highest BCUT2D eigenvalue weighted by molar-refractivity contribution is 7.09. The number of nitrogen functional groups attached to an aromatic ring is 1. The molecule has 1 heterocycles. The van der Waals surface area contributed by atoms with Gasteiger partial charge in [0, 0.05) is 24.1 Å². The number of halogens is 2. The number of nitrogens with two attached hydrogens (primary N) is 1. The molecule has 0 fully saturated rings. The van der Waals surface area contributed by atoms with E-state index in [1.807, 2.05) is 0 Å². The molecular weight excluding hydrogens is 218 g/mol. The molecule has 0 aliphatic carbocycles. The Bertz CT molecular complexity index is 469. The molecule has 15 heavy (non-hydrogen) atoms. The quantitative estimate of drug-likeness (QED) is 0.799. The van der Waals surface area contributed by atoms with Gasteiger partial charge in [0.25, 0.3) is 0 Å². The minimum atomic E-state index is -0.594. The van der Waals surface area contributed by atoms with Crippen LogP contribution in [0.5, 0.6) is 0 Å². The standard InChI is InChI=1S/C10H8F2N2S/c11-7-5-9(13)8(12)3-6(7)4-10-14-1-2-15-10/h1-3,5H,4,13H2. The van der Waals surface area contributed by atoms with E-state index < -0.39 is 11.6 Å². The number of benzene rings is 1. The van der Waals surface area contributed by atoms with Crippen molar-refractivity contribution in [2.75, 3.05) is 5.73 Å². The molecule has 2 aromatic rings. The van der Waals surface area contributed by atoms with Gasteiger partial charge in [0.1, 0.15) is 11.6 Å². The van der Waals surface area contributed by atoms with Crippen molar-refractivity contribution in [3.05, 3.63) is 45.9 Å². The Morgan fingerprint density at radius 1 is 1.27 bits per heavy atom. The second kappa shape index (κ2) is 3.94. The largest absolute Gasteiger partial charge is 0.396 e. The molecule has 0 spiro atoms. The van der Waals surface area contributed by atoms with Gasteiger partial charge in [-0.15, -0.1) is 11.3 Å². The van der Waals surface area contributed by atoms with Crippen LogP contribution >= 0.6 is 11.3 Å². The number of nitrogens with zero attached hydrogens (tertiary/aromatic N) is 1. The van der Waals surface area contributed by atoms with Gasteiger partial charge in [0.15, 0.2) is 0 Å². The van der Waals surface area contributed by atoms with Gasteiger partial charge in [-0.1, -0.05) is 0 Å². The van der Waals surface area contributed by atoms with Gasteiger partial charge in [-0.3, -0.25) is 0 Å². The molecule has 0 bridgehead atoms. The molecule has 0 amide bonds. The van der Waals surface area contributed by atoms with E-state index in [1.165, 1.54) is 11.3 Å². The summed E-state index contributed by atoms with van der Waals surface area (Å²) in [7, 11) is 0. The molecule has 2 N–H and O–H groups in total. The average molecular weight is 226 g/mol. The third-order valence-electron chi connectivity index (χ3n) is 1.99. The lowest BCUT2D eigenvalue weighted by molar-refractivity contribution is 0.592. The zero-order valence-corrected chi connectivity index (χ0v) is 8.52. The van der Waals surface area contributed by atoms with Crippen molar-refractivity contribution < 1.29 is 8.78 Å². The molecule has 0 atom stereocenters. The van der Waals surface area contributed by atoms with Crippen LogP contribution in [-0.2, 0) is 6.42 Å². The average Bonchev–Trinajstić information content (AvgIpc) is 2.67. The van der Waals surface area contributed by atoms with Crippen molar-refractivity contribution in [3.8, 4) is 0 Å². The summed E-state index contributed by atoms with van der Waals surface area (Å²) < 4.78 is 26.4. The summed E-state index contributed by atoms with van der Waals surface area (Å²) >= 11 is 1.41. The van der Waals surface area contributed by atoms with Gasteiger partial charge < -0.3 is 5.73 Å². The predicted molar refractivity (Wildman–Crippen MR) is 55.7 cm³/mol. The number of rotatable bonds is 2. The Morgan fingerprint density at radius 2 is 2.07 bits per heavy atom. The van der Waals surface area contributed by atoms with Crippen LogP contribution in [0.2, 0.25) is 0 Å². The van der Waals surface area contributed by atoms with Crippen molar-refractivity contribution in [1.82, 2.24) is 4.98 Å². The van der Waals surface area contributed by atoms with Gasteiger partial charge in [0.2, 0.25) is 0 Å². The molecule has 78 valence electrons. The Labute approximate surface area is 89.4 Å². The highest BCUT2D eigenvalue weighted by atomic mass is 32.1. The molecule has 1 aromatic heterocycles. The first-order chi connectivity index (χ1) is 7.16. The topological polar surface area (TPSA) is 38.9 Å². The van der Waals surface area contributed by atoms with Crippen LogP contribution in [0.15, 0.2) is 23.7 Å². The van der Waals surface area contributed by atoms with E-state index in [-0.39, 0.29) is 11.3 Å². The second-order valence-corrected chi connectivity index (χ2v) is 4.05. The normalized spacial score (nSPS) is 10.5. The fraction of sp³-hybridized carbons (Fsp3) is 0.100. The molecule has 2 rings (SSSR count). The molecule has 0 saturated carbocycles. The van der Waals surface area contributed by atoms with E-state index in [0.717, 1.165) is 17.1 Å². The zero-order valence-electron chi connectivity index (χ0n) is 7.71. The van der Waals surface area contributed by atoms with E-state index in [4.69, 9.17) is 5.73 Å². The summed E-state index contributed by atoms with van der Waals surface area (Å²) in [5.74, 6) is -1.09. The molecule has 0 aliphatic rings. The third-order valence-corrected chi connectivity index (χ3v) is 2.77. The Hall–Kier alpha value is -1.49. The van der Waals surface area contributed by atoms with Crippen molar-refractivity contribution in [2.24, 2.45) is 0 Å². The molecule has 5 heteroatoms. The Morgan fingerprint density at radius 3 is 2.73 bits per heavy atom. The van der Waals surface area contributed by atoms with Crippen LogP contribution in [0.4, 0.5) is 14.5 Å². The minimum Gasteiger partial charge on any atom is -0.396 e. The first kappa shape index (κ1) is 10.0. The smallest absolute Gasteiger partial charge is 0.146 e. The maximum absolute atomic E-state index is 13.4. The van der Waals surface area contributed by atoms with Crippen LogP contribution in [0.25, 0.3) is 0 Å². The first-order valence-corrected chi connectivity index (χ1v) is 5.16. The fourth-order valence-corrected chi connectivity index (χ4v) is 1.88. The van der Waals surface area contributed by atoms with Crippen molar-refractivity contribution in [3.63, 3.8) is 0 Å². The van der Waals surface area contributed by atoms with Crippen molar-refractivity contribution in [1.29, 1.82) is 0 Å². The SMILES string of the molecule is Nc1cc(F)c(Cc2nccs2)cc1F. The van der Waals surface area contributed by atoms with Crippen LogP contribution in [-0.4, -0.2) is 4.98 Å². The van der Waals surface area contributed by atoms with E-state index in [9.17, 15) is 8.78 Å². The zero-order chi connectivity index (χ0) is 10.8. The summed E-state index contributed by atoms with van der Waals surface area (Å²) in [4.78, 5) is 4.00. The van der Waals surface area contributed by atoms with Gasteiger partial charge in [0.05, 0.1) is 10.7 Å². The number of thiazole rings is 1. The van der Waals surface area contributed by atoms with Crippen molar-refractivity contribution >= 4 is 17.0 Å². The molecule has 0 aliphatic heterocycles. The molecule has 0 unspecified atom stereocenters. The lowest BCUT2D eigenvalue weighted by Crippen LogP contribution is -1.98. The predicted octanol–water partition coefficient (Wildman–Crippen LogP) is 2.59. The Kier molecular flexibility index (Phi) is 2.64. The summed E-state index contributed by atoms with van der Waals surface area (Å²) in [5, 5.41) is 2.54. The third kappa shape index (κ3) is 2.12. The van der Waals surface area contributed by atoms with Crippen molar-refractivity contribution in [2.45, 2.75) is 6.42 Å². The number of anilines is 1. The first-order valence-electron chi connectivity index (χ1n) is 4.28. The summed E-state index contributed by atoms with van der Waals surface area (Å²) in [5.41, 5.74) is 5.34. The molecule has 2 nitrogen and oxygen atoms in total. The molecular formula is C10H8F2N2S. The van der Waals surface area contributed by atoms with Crippen LogP contribution in [0, 0.1) is 11.6 Å². The van der Waals surface area contributed by atoms with E-state index in [1.54, 1.807) is 11.6 Å². The number of aromatic nitrogens is 1. The highest BCUT2D eigenvalue weighted by Gasteiger charge is 2.09. The maximum Gasteiger partial charge on any atom is 0.146 e. The van der Waals surface area contributed by atoms with E-state index >= 15 is 0 Å². The van der Waals surface area contributed by atoms with Gasteiger partial charge in [-0.05, 0) is 11.6 Å². The maximum atomic E-state index is 13.4. The van der Waals surface area contributed by atoms with Crippen LogP contribution in [0.1, 0.15) is 10.6 Å². The lowest BCUT2D eigenvalue weighted by Gasteiger charge is -2.03. The molecule has 0 radical (unpaired) electrons. The second-order valence-electron chi connectivity index (χ2n) is 3.07. The Balaban J connectivity index is 2.33. The van der Waals surface area contributed by atoms with Gasteiger partial charge in [-0.25, -0.2) is 13.8 Å². The number of hydrogen-bond acceptors (Lipinski definition) is 3. The molecule has 0 saturated heterocycles. The monoisotopic (exact) mass is 226 g/mol. The molecule has 1 aromatic carbocycles. The van der Waals surface area contributed by atoms with Gasteiger partial charge >= 0.3 is 0 Å². The summed E-state index contributed by atoms with van der Waals surface area (Å²) in [6.45, 7) is 0. The van der Waals surface area contributed by atoms with Crippen LogP contribution < -0.4 is 5.73 Å². The highest BCUT2D eigenvalue weighted by Crippen LogP contribution is 2.20. The minimum absolute atomic E-state index is 0.171. The number of hydrogen-bond donors (Lipinski definition) is 1.